The second-order valence-electron chi connectivity index (χ2n) is 7.87. The highest BCUT2D eigenvalue weighted by Gasteiger charge is 2.30. The van der Waals surface area contributed by atoms with Crippen molar-refractivity contribution in [3.63, 3.8) is 0 Å². The van der Waals surface area contributed by atoms with Gasteiger partial charge in [-0.15, -0.1) is 0 Å². The van der Waals surface area contributed by atoms with Gasteiger partial charge in [-0.3, -0.25) is 0 Å². The van der Waals surface area contributed by atoms with Crippen LogP contribution in [-0.4, -0.2) is 55.9 Å². The fourth-order valence-electron chi connectivity index (χ4n) is 3.81. The third-order valence-electron chi connectivity index (χ3n) is 5.56. The summed E-state index contributed by atoms with van der Waals surface area (Å²) < 4.78 is 49.9. The van der Waals surface area contributed by atoms with E-state index in [9.17, 15) is 13.2 Å². The Morgan fingerprint density at radius 1 is 1.17 bits per heavy atom. The lowest BCUT2D eigenvalue weighted by Gasteiger charge is -2.35. The Morgan fingerprint density at radius 3 is 2.50 bits per heavy atom. The number of nitrogens with zero attached hydrogens (tertiary/aromatic N) is 2. The molecule has 5 nitrogen and oxygen atoms in total. The topological polar surface area (TPSA) is 46.1 Å². The third-order valence-corrected chi connectivity index (χ3v) is 5.56. The van der Waals surface area contributed by atoms with Crippen LogP contribution >= 0.6 is 0 Å². The second kappa shape index (κ2) is 11.0. The largest absolute Gasteiger partial charge is 0.416 e. The zero-order chi connectivity index (χ0) is 21.4. The molecule has 2 aliphatic heterocycles. The van der Waals surface area contributed by atoms with Crippen LogP contribution in [0.3, 0.4) is 0 Å². The molecule has 2 heterocycles. The van der Waals surface area contributed by atoms with Crippen LogP contribution < -0.4 is 5.32 Å². The van der Waals surface area contributed by atoms with E-state index in [0.29, 0.717) is 13.2 Å². The van der Waals surface area contributed by atoms with Gasteiger partial charge in [0.1, 0.15) is 0 Å². The van der Waals surface area contributed by atoms with E-state index in [1.165, 1.54) is 18.6 Å². The van der Waals surface area contributed by atoms with E-state index in [1.54, 1.807) is 0 Å². The molecule has 2 saturated heterocycles. The summed E-state index contributed by atoms with van der Waals surface area (Å²) >= 11 is 0. The van der Waals surface area contributed by atoms with Crippen LogP contribution in [-0.2, 0) is 22.2 Å². The van der Waals surface area contributed by atoms with E-state index in [1.807, 2.05) is 6.92 Å². The van der Waals surface area contributed by atoms with Crippen LogP contribution in [0.25, 0.3) is 0 Å². The van der Waals surface area contributed by atoms with Gasteiger partial charge in [0.15, 0.2) is 5.96 Å². The van der Waals surface area contributed by atoms with E-state index < -0.39 is 11.7 Å². The first kappa shape index (κ1) is 22.9. The number of guanidine groups is 1. The van der Waals surface area contributed by atoms with Crippen LogP contribution in [0, 0.1) is 0 Å². The van der Waals surface area contributed by atoms with Gasteiger partial charge >= 0.3 is 6.18 Å². The van der Waals surface area contributed by atoms with Gasteiger partial charge < -0.3 is 19.7 Å². The highest BCUT2D eigenvalue weighted by molar-refractivity contribution is 5.80. The number of hydrogen-bond donors (Lipinski definition) is 1. The maximum Gasteiger partial charge on any atom is 0.416 e. The Kier molecular flexibility index (Phi) is 8.39. The van der Waals surface area contributed by atoms with Crippen molar-refractivity contribution in [1.82, 2.24) is 10.2 Å². The van der Waals surface area contributed by atoms with E-state index in [2.05, 4.69) is 15.2 Å². The normalized spacial score (nSPS) is 21.7. The molecule has 8 heteroatoms. The highest BCUT2D eigenvalue weighted by Crippen LogP contribution is 2.29. The Morgan fingerprint density at radius 2 is 1.90 bits per heavy atom. The lowest BCUT2D eigenvalue weighted by Crippen LogP contribution is -2.47. The fraction of sp³-hybridized carbons (Fsp3) is 0.682. The number of nitrogens with one attached hydrogen (secondary N) is 1. The molecule has 1 aromatic carbocycles. The Labute approximate surface area is 176 Å². The van der Waals surface area contributed by atoms with Crippen molar-refractivity contribution < 1.29 is 22.6 Å². The number of halogens is 3. The van der Waals surface area contributed by atoms with Gasteiger partial charge in [0.25, 0.3) is 0 Å². The molecule has 2 aliphatic rings. The first-order valence-electron chi connectivity index (χ1n) is 10.9. The van der Waals surface area contributed by atoms with Crippen molar-refractivity contribution in [2.45, 2.75) is 64.0 Å². The molecule has 1 aromatic rings. The maximum absolute atomic E-state index is 12.7. The summed E-state index contributed by atoms with van der Waals surface area (Å²) in [6, 6.07) is 5.19. The average molecular weight is 428 g/mol. The number of piperidine rings is 1. The molecule has 1 atom stereocenters. The van der Waals surface area contributed by atoms with E-state index >= 15 is 0 Å². The summed E-state index contributed by atoms with van der Waals surface area (Å²) in [6.45, 7) is 6.29. The Hall–Kier alpha value is -1.80. The van der Waals surface area contributed by atoms with Crippen molar-refractivity contribution >= 4 is 5.96 Å². The number of hydrogen-bond acceptors (Lipinski definition) is 3. The number of aliphatic imine (C=N–C) groups is 1. The minimum Gasteiger partial charge on any atom is -0.376 e. The van der Waals surface area contributed by atoms with Crippen molar-refractivity contribution in [3.05, 3.63) is 35.4 Å². The summed E-state index contributed by atoms with van der Waals surface area (Å²) in [5.41, 5.74) is 0.118. The zero-order valence-electron chi connectivity index (χ0n) is 17.6. The summed E-state index contributed by atoms with van der Waals surface area (Å²) in [6.07, 6.45) is 1.46. The molecule has 2 fully saturated rings. The molecular weight excluding hydrogens is 395 g/mol. The first-order valence-corrected chi connectivity index (χ1v) is 10.9. The molecule has 0 aliphatic carbocycles. The smallest absolute Gasteiger partial charge is 0.376 e. The van der Waals surface area contributed by atoms with Crippen LogP contribution in [0.4, 0.5) is 13.2 Å². The third kappa shape index (κ3) is 6.87. The average Bonchev–Trinajstić information content (AvgIpc) is 2.76. The lowest BCUT2D eigenvalue weighted by atomic mass is 10.1. The van der Waals surface area contributed by atoms with Gasteiger partial charge in [0.05, 0.1) is 30.9 Å². The zero-order valence-corrected chi connectivity index (χ0v) is 17.6. The molecule has 0 spiro atoms. The summed E-state index contributed by atoms with van der Waals surface area (Å²) in [5, 5.41) is 3.29. The summed E-state index contributed by atoms with van der Waals surface area (Å²) in [7, 11) is 0. The van der Waals surface area contributed by atoms with Crippen molar-refractivity contribution in [2.24, 2.45) is 4.99 Å². The van der Waals surface area contributed by atoms with Gasteiger partial charge in [0, 0.05) is 26.2 Å². The lowest BCUT2D eigenvalue weighted by molar-refractivity contribution is -0.137. The van der Waals surface area contributed by atoms with Crippen LogP contribution in [0.5, 0.6) is 0 Å². The highest BCUT2D eigenvalue weighted by atomic mass is 19.4. The molecule has 1 N–H and O–H groups in total. The Bertz CT molecular complexity index is 665. The molecule has 30 heavy (non-hydrogen) atoms. The van der Waals surface area contributed by atoms with Crippen molar-refractivity contribution in [2.75, 3.05) is 32.8 Å². The molecule has 0 bridgehead atoms. The van der Waals surface area contributed by atoms with E-state index in [-0.39, 0.29) is 12.2 Å². The number of likely N-dealkylation sites (tertiary alicyclic amines) is 1. The van der Waals surface area contributed by atoms with Gasteiger partial charge in [-0.1, -0.05) is 12.1 Å². The Balaban J connectivity index is 1.48. The van der Waals surface area contributed by atoms with Crippen LogP contribution in [0.15, 0.2) is 29.3 Å². The maximum atomic E-state index is 12.7. The number of alkyl halides is 3. The first-order chi connectivity index (χ1) is 14.5. The second-order valence-corrected chi connectivity index (χ2v) is 7.87. The van der Waals surface area contributed by atoms with Gasteiger partial charge in [-0.2, -0.15) is 13.2 Å². The van der Waals surface area contributed by atoms with Crippen LogP contribution in [0.1, 0.15) is 50.2 Å². The molecule has 0 radical (unpaired) electrons. The predicted octanol–water partition coefficient (Wildman–Crippen LogP) is 4.22. The van der Waals surface area contributed by atoms with Gasteiger partial charge in [0.2, 0.25) is 0 Å². The number of benzene rings is 1. The molecule has 0 aromatic heterocycles. The van der Waals surface area contributed by atoms with Crippen LogP contribution in [0.2, 0.25) is 0 Å². The monoisotopic (exact) mass is 427 g/mol. The summed E-state index contributed by atoms with van der Waals surface area (Å²) in [5.74, 6) is 0.798. The quantitative estimate of drug-likeness (QED) is 0.546. The molecule has 0 amide bonds. The fourth-order valence-corrected chi connectivity index (χ4v) is 3.81. The minimum atomic E-state index is -4.31. The number of rotatable bonds is 6. The predicted molar refractivity (Wildman–Crippen MR) is 110 cm³/mol. The van der Waals surface area contributed by atoms with E-state index in [0.717, 1.165) is 75.6 Å². The standard InChI is InChI=1S/C22H32F3N3O2/c1-2-26-21(27-15-17-6-8-18(9-7-17)22(23,24)25)28-12-10-19(11-13-28)30-16-20-5-3-4-14-29-20/h6-9,19-20H,2-5,10-16H2,1H3,(H,26,27). The van der Waals surface area contributed by atoms with Crippen molar-refractivity contribution in [3.8, 4) is 0 Å². The van der Waals surface area contributed by atoms with Gasteiger partial charge in [-0.05, 0) is 56.7 Å². The SMILES string of the molecule is CCNC(=NCc1ccc(C(F)(F)F)cc1)N1CCC(OCC2CCCCO2)CC1. The molecular formula is C22H32F3N3O2. The number of ether oxygens (including phenoxy) is 2. The summed E-state index contributed by atoms with van der Waals surface area (Å²) in [4.78, 5) is 6.83. The minimum absolute atomic E-state index is 0.236. The van der Waals surface area contributed by atoms with E-state index in [4.69, 9.17) is 9.47 Å². The molecule has 168 valence electrons. The van der Waals surface area contributed by atoms with Gasteiger partial charge in [-0.25, -0.2) is 4.99 Å². The molecule has 1 unspecified atom stereocenters. The molecule has 3 rings (SSSR count). The van der Waals surface area contributed by atoms with Crippen molar-refractivity contribution in [1.29, 1.82) is 0 Å². The molecule has 0 saturated carbocycles.